The average Bonchev–Trinajstić information content (AvgIpc) is 2.93. The molecule has 1 saturated heterocycles. The fraction of sp³-hybridized carbons (Fsp3) is 0.500. The molecule has 1 fully saturated rings. The molecular weight excluding hydrogens is 362 g/mol. The van der Waals surface area contributed by atoms with Gasteiger partial charge in [0.05, 0.1) is 11.5 Å². The van der Waals surface area contributed by atoms with Crippen LogP contribution in [0.25, 0.3) is 0 Å². The number of ether oxygens (including phenoxy) is 2. The third-order valence-electron chi connectivity index (χ3n) is 4.12. The number of fused-ring (bicyclic) bond motifs is 1. The lowest BCUT2D eigenvalue weighted by Gasteiger charge is -2.20. The van der Waals surface area contributed by atoms with Gasteiger partial charge in [0.25, 0.3) is 0 Å². The number of rotatable bonds is 4. The fourth-order valence-electron chi connectivity index (χ4n) is 2.77. The SMILES string of the molecule is CC(NC(=O)NC1CCS(=O)(=O)C1)C(=O)Nc1ccc2c(c1)OCCO2. The Labute approximate surface area is 151 Å². The van der Waals surface area contributed by atoms with E-state index < -0.39 is 33.9 Å². The summed E-state index contributed by atoms with van der Waals surface area (Å²) in [4.78, 5) is 24.2. The summed E-state index contributed by atoms with van der Waals surface area (Å²) in [5.74, 6) is 0.757. The first-order chi connectivity index (χ1) is 12.3. The van der Waals surface area contributed by atoms with Crippen molar-refractivity contribution in [2.45, 2.75) is 25.4 Å². The molecule has 0 spiro atoms. The maximum atomic E-state index is 12.2. The second kappa shape index (κ2) is 7.40. The van der Waals surface area contributed by atoms with E-state index in [4.69, 9.17) is 9.47 Å². The quantitative estimate of drug-likeness (QED) is 0.686. The summed E-state index contributed by atoms with van der Waals surface area (Å²) in [6, 6.07) is 3.24. The van der Waals surface area contributed by atoms with Crippen LogP contribution in [0.15, 0.2) is 18.2 Å². The zero-order valence-electron chi connectivity index (χ0n) is 14.3. The number of benzene rings is 1. The van der Waals surface area contributed by atoms with Crippen LogP contribution < -0.4 is 25.4 Å². The highest BCUT2D eigenvalue weighted by molar-refractivity contribution is 7.91. The van der Waals surface area contributed by atoms with Crippen LogP contribution >= 0.6 is 0 Å². The van der Waals surface area contributed by atoms with Crippen LogP contribution in [-0.2, 0) is 14.6 Å². The second-order valence-electron chi connectivity index (χ2n) is 6.29. The summed E-state index contributed by atoms with van der Waals surface area (Å²) in [5, 5.41) is 7.77. The van der Waals surface area contributed by atoms with Gasteiger partial charge in [0, 0.05) is 17.8 Å². The minimum atomic E-state index is -3.08. The highest BCUT2D eigenvalue weighted by atomic mass is 32.2. The van der Waals surface area contributed by atoms with Gasteiger partial charge in [0.2, 0.25) is 5.91 Å². The van der Waals surface area contributed by atoms with Crippen molar-refractivity contribution >= 4 is 27.5 Å². The minimum Gasteiger partial charge on any atom is -0.486 e. The van der Waals surface area contributed by atoms with E-state index in [0.29, 0.717) is 36.8 Å². The summed E-state index contributed by atoms with van der Waals surface area (Å²) in [5.41, 5.74) is 0.523. The van der Waals surface area contributed by atoms with Gasteiger partial charge < -0.3 is 25.4 Å². The van der Waals surface area contributed by atoms with Crippen molar-refractivity contribution in [3.63, 3.8) is 0 Å². The molecule has 3 amide bonds. The highest BCUT2D eigenvalue weighted by Crippen LogP contribution is 2.32. The first-order valence-corrected chi connectivity index (χ1v) is 10.1. The average molecular weight is 383 g/mol. The number of anilines is 1. The van der Waals surface area contributed by atoms with E-state index in [-0.39, 0.29) is 11.5 Å². The molecule has 142 valence electrons. The predicted octanol–water partition coefficient (Wildman–Crippen LogP) is 0.271. The van der Waals surface area contributed by atoms with Crippen molar-refractivity contribution in [2.75, 3.05) is 30.0 Å². The zero-order chi connectivity index (χ0) is 18.7. The van der Waals surface area contributed by atoms with Gasteiger partial charge >= 0.3 is 6.03 Å². The molecule has 0 aliphatic carbocycles. The molecule has 9 nitrogen and oxygen atoms in total. The summed E-state index contributed by atoms with van der Waals surface area (Å²) in [7, 11) is -3.08. The lowest BCUT2D eigenvalue weighted by atomic mass is 10.2. The van der Waals surface area contributed by atoms with Gasteiger partial charge in [-0.25, -0.2) is 13.2 Å². The molecule has 2 unspecified atom stereocenters. The van der Waals surface area contributed by atoms with Crippen LogP contribution in [0, 0.1) is 0 Å². The third kappa shape index (κ3) is 4.57. The van der Waals surface area contributed by atoms with E-state index in [9.17, 15) is 18.0 Å². The molecular formula is C16H21N3O6S. The van der Waals surface area contributed by atoms with E-state index in [1.54, 1.807) is 25.1 Å². The summed E-state index contributed by atoms with van der Waals surface area (Å²) in [6.07, 6.45) is 0.382. The van der Waals surface area contributed by atoms with Crippen LogP contribution in [-0.4, -0.2) is 57.2 Å². The lowest BCUT2D eigenvalue weighted by Crippen LogP contribution is -2.49. The van der Waals surface area contributed by atoms with Gasteiger partial charge in [0.15, 0.2) is 21.3 Å². The van der Waals surface area contributed by atoms with E-state index in [0.717, 1.165) is 0 Å². The van der Waals surface area contributed by atoms with Crippen molar-refractivity contribution < 1.29 is 27.5 Å². The number of sulfone groups is 1. The number of carbonyl (C=O) groups is 2. The van der Waals surface area contributed by atoms with Crippen molar-refractivity contribution in [1.29, 1.82) is 0 Å². The van der Waals surface area contributed by atoms with Gasteiger partial charge in [0.1, 0.15) is 19.3 Å². The summed E-state index contributed by atoms with van der Waals surface area (Å²) < 4.78 is 33.7. The number of amides is 3. The van der Waals surface area contributed by atoms with Crippen LogP contribution in [0.1, 0.15) is 13.3 Å². The molecule has 1 aromatic carbocycles. The van der Waals surface area contributed by atoms with Crippen LogP contribution in [0.4, 0.5) is 10.5 Å². The molecule has 0 bridgehead atoms. The molecule has 3 rings (SSSR count). The predicted molar refractivity (Wildman–Crippen MR) is 94.2 cm³/mol. The molecule has 2 aliphatic rings. The topological polar surface area (TPSA) is 123 Å². The molecule has 0 saturated carbocycles. The molecule has 26 heavy (non-hydrogen) atoms. The Kier molecular flexibility index (Phi) is 5.21. The third-order valence-corrected chi connectivity index (χ3v) is 5.89. The molecule has 0 aromatic heterocycles. The molecule has 0 radical (unpaired) electrons. The number of nitrogens with one attached hydrogen (secondary N) is 3. The Hall–Kier alpha value is -2.49. The highest BCUT2D eigenvalue weighted by Gasteiger charge is 2.29. The summed E-state index contributed by atoms with van der Waals surface area (Å²) in [6.45, 7) is 2.47. The van der Waals surface area contributed by atoms with E-state index in [1.165, 1.54) is 0 Å². The Morgan fingerprint density at radius 1 is 1.19 bits per heavy atom. The fourth-order valence-corrected chi connectivity index (χ4v) is 4.44. The van der Waals surface area contributed by atoms with Gasteiger partial charge in [-0.15, -0.1) is 0 Å². The van der Waals surface area contributed by atoms with E-state index in [2.05, 4.69) is 16.0 Å². The number of hydrogen-bond donors (Lipinski definition) is 3. The number of carbonyl (C=O) groups excluding carboxylic acids is 2. The van der Waals surface area contributed by atoms with Crippen molar-refractivity contribution in [3.05, 3.63) is 18.2 Å². The van der Waals surface area contributed by atoms with Crippen molar-refractivity contribution in [3.8, 4) is 11.5 Å². The van der Waals surface area contributed by atoms with Crippen LogP contribution in [0.3, 0.4) is 0 Å². The van der Waals surface area contributed by atoms with Crippen molar-refractivity contribution in [1.82, 2.24) is 10.6 Å². The Balaban J connectivity index is 1.50. The van der Waals surface area contributed by atoms with E-state index in [1.807, 2.05) is 0 Å². The Morgan fingerprint density at radius 2 is 1.92 bits per heavy atom. The maximum absolute atomic E-state index is 12.2. The van der Waals surface area contributed by atoms with Gasteiger partial charge in [-0.1, -0.05) is 0 Å². The molecule has 2 heterocycles. The van der Waals surface area contributed by atoms with Gasteiger partial charge in [-0.3, -0.25) is 4.79 Å². The Bertz CT molecular complexity index is 810. The first-order valence-electron chi connectivity index (χ1n) is 8.30. The van der Waals surface area contributed by atoms with Crippen LogP contribution in [0.2, 0.25) is 0 Å². The largest absolute Gasteiger partial charge is 0.486 e. The smallest absolute Gasteiger partial charge is 0.315 e. The second-order valence-corrected chi connectivity index (χ2v) is 8.52. The summed E-state index contributed by atoms with van der Waals surface area (Å²) >= 11 is 0. The molecule has 10 heteroatoms. The maximum Gasteiger partial charge on any atom is 0.315 e. The van der Waals surface area contributed by atoms with E-state index >= 15 is 0 Å². The zero-order valence-corrected chi connectivity index (χ0v) is 15.1. The number of hydrogen-bond acceptors (Lipinski definition) is 6. The molecule has 1 aromatic rings. The minimum absolute atomic E-state index is 0.0676. The Morgan fingerprint density at radius 3 is 2.62 bits per heavy atom. The van der Waals surface area contributed by atoms with Crippen LogP contribution in [0.5, 0.6) is 11.5 Å². The monoisotopic (exact) mass is 383 g/mol. The molecule has 2 atom stereocenters. The normalized spacial score (nSPS) is 21.5. The van der Waals surface area contributed by atoms with Gasteiger partial charge in [-0.05, 0) is 25.5 Å². The molecule has 2 aliphatic heterocycles. The standard InChI is InChI=1S/C16H21N3O6S/c1-10(17-16(21)19-12-4-7-26(22,23)9-12)15(20)18-11-2-3-13-14(8-11)25-6-5-24-13/h2-3,8,10,12H,4-7,9H2,1H3,(H,18,20)(H2,17,19,21). The first kappa shape index (κ1) is 18.3. The molecule has 3 N–H and O–H groups in total. The van der Waals surface area contributed by atoms with Gasteiger partial charge in [-0.2, -0.15) is 0 Å². The lowest BCUT2D eigenvalue weighted by molar-refractivity contribution is -0.117. The number of urea groups is 1. The van der Waals surface area contributed by atoms with Crippen molar-refractivity contribution in [2.24, 2.45) is 0 Å².